The van der Waals surface area contributed by atoms with Crippen molar-refractivity contribution in [3.05, 3.63) is 84.4 Å². The summed E-state index contributed by atoms with van der Waals surface area (Å²) in [6, 6.07) is 28.9. The summed E-state index contributed by atoms with van der Waals surface area (Å²) in [5.74, 6) is 0. The van der Waals surface area contributed by atoms with Gasteiger partial charge in [-0.1, -0.05) is 84.4 Å². The van der Waals surface area contributed by atoms with Gasteiger partial charge in [0.05, 0.1) is 0 Å². The van der Waals surface area contributed by atoms with Gasteiger partial charge in [0.25, 0.3) is 0 Å². The number of fused-ring (bicyclic) bond motifs is 7. The number of hydrogen-bond donors (Lipinski definition) is 0. The average Bonchev–Trinajstić information content (AvgIpc) is 2.60. The lowest BCUT2D eigenvalue weighted by atomic mass is 9.93. The van der Waals surface area contributed by atoms with E-state index in [2.05, 4.69) is 85.8 Å². The van der Waals surface area contributed by atoms with Crippen LogP contribution in [-0.4, -0.2) is 0 Å². The van der Waals surface area contributed by atoms with Crippen molar-refractivity contribution in [1.82, 2.24) is 0 Å². The summed E-state index contributed by atoms with van der Waals surface area (Å²) in [6.45, 7) is 2.16. The zero-order chi connectivity index (χ0) is 15.4. The molecule has 0 aliphatic carbocycles. The fourth-order valence-corrected chi connectivity index (χ4v) is 3.76. The summed E-state index contributed by atoms with van der Waals surface area (Å²) >= 11 is 0. The van der Waals surface area contributed by atoms with Crippen molar-refractivity contribution in [3.8, 4) is 0 Å². The molecule has 0 saturated carbocycles. The Morgan fingerprint density at radius 2 is 1.13 bits per heavy atom. The number of hydrogen-bond acceptors (Lipinski definition) is 0. The number of rotatable bonds is 0. The molecule has 0 heteroatoms. The molecule has 5 rings (SSSR count). The lowest BCUT2D eigenvalue weighted by Gasteiger charge is -2.10. The zero-order valence-electron chi connectivity index (χ0n) is 13.0. The minimum atomic E-state index is 1.30. The Labute approximate surface area is 135 Å². The molecule has 0 bridgehead atoms. The molecule has 0 amide bonds. The SMILES string of the molecule is Cc1ccc2ccc3c(ccc4ccc5ccccc5c43)c2c1. The van der Waals surface area contributed by atoms with E-state index in [1.54, 1.807) is 0 Å². The molecule has 0 radical (unpaired) electrons. The van der Waals surface area contributed by atoms with Gasteiger partial charge in [0.2, 0.25) is 0 Å². The van der Waals surface area contributed by atoms with Crippen LogP contribution in [0, 0.1) is 6.92 Å². The van der Waals surface area contributed by atoms with E-state index in [1.807, 2.05) is 0 Å². The van der Waals surface area contributed by atoms with E-state index in [9.17, 15) is 0 Å². The first-order valence-corrected chi connectivity index (χ1v) is 8.05. The van der Waals surface area contributed by atoms with E-state index < -0.39 is 0 Å². The zero-order valence-corrected chi connectivity index (χ0v) is 13.0. The normalized spacial score (nSPS) is 11.7. The van der Waals surface area contributed by atoms with Gasteiger partial charge in [0, 0.05) is 0 Å². The summed E-state index contributed by atoms with van der Waals surface area (Å²) in [7, 11) is 0. The molecule has 0 atom stereocenters. The van der Waals surface area contributed by atoms with E-state index in [0.29, 0.717) is 0 Å². The van der Waals surface area contributed by atoms with Gasteiger partial charge in [0.1, 0.15) is 0 Å². The van der Waals surface area contributed by atoms with Crippen LogP contribution in [0.3, 0.4) is 0 Å². The van der Waals surface area contributed by atoms with Crippen LogP contribution in [-0.2, 0) is 0 Å². The Morgan fingerprint density at radius 3 is 2.09 bits per heavy atom. The maximum absolute atomic E-state index is 2.30. The first kappa shape index (κ1) is 12.7. The Hall–Kier alpha value is -2.86. The highest BCUT2D eigenvalue weighted by Crippen LogP contribution is 2.35. The summed E-state index contributed by atoms with van der Waals surface area (Å²) < 4.78 is 0. The highest BCUT2D eigenvalue weighted by atomic mass is 14.1. The molecule has 108 valence electrons. The topological polar surface area (TPSA) is 0 Å². The maximum atomic E-state index is 2.30. The first-order chi connectivity index (χ1) is 11.3. The van der Waals surface area contributed by atoms with Crippen molar-refractivity contribution >= 4 is 43.1 Å². The molecular formula is C23H16. The van der Waals surface area contributed by atoms with Crippen LogP contribution in [0.4, 0.5) is 0 Å². The first-order valence-electron chi connectivity index (χ1n) is 8.05. The highest BCUT2D eigenvalue weighted by molar-refractivity contribution is 6.24. The molecule has 0 heterocycles. The van der Waals surface area contributed by atoms with E-state index in [-0.39, 0.29) is 0 Å². The molecule has 0 aromatic heterocycles. The molecule has 0 aliphatic heterocycles. The molecular weight excluding hydrogens is 276 g/mol. The van der Waals surface area contributed by atoms with Gasteiger partial charge in [-0.3, -0.25) is 0 Å². The van der Waals surface area contributed by atoms with E-state index >= 15 is 0 Å². The van der Waals surface area contributed by atoms with Crippen molar-refractivity contribution < 1.29 is 0 Å². The Morgan fingerprint density at radius 1 is 0.478 bits per heavy atom. The molecule has 0 unspecified atom stereocenters. The second-order valence-corrected chi connectivity index (χ2v) is 6.34. The van der Waals surface area contributed by atoms with E-state index in [4.69, 9.17) is 0 Å². The predicted octanol–water partition coefficient (Wildman–Crippen LogP) is 6.61. The summed E-state index contributed by atoms with van der Waals surface area (Å²) in [5.41, 5.74) is 1.31. The molecule has 0 spiro atoms. The monoisotopic (exact) mass is 292 g/mol. The minimum absolute atomic E-state index is 1.30. The van der Waals surface area contributed by atoms with Gasteiger partial charge in [-0.15, -0.1) is 0 Å². The van der Waals surface area contributed by atoms with Crippen molar-refractivity contribution in [2.24, 2.45) is 0 Å². The van der Waals surface area contributed by atoms with Crippen LogP contribution < -0.4 is 0 Å². The predicted molar refractivity (Wildman–Crippen MR) is 101 cm³/mol. The third-order valence-electron chi connectivity index (χ3n) is 4.88. The fraction of sp³-hybridized carbons (Fsp3) is 0.0435. The van der Waals surface area contributed by atoms with Crippen molar-refractivity contribution in [1.29, 1.82) is 0 Å². The van der Waals surface area contributed by atoms with Gasteiger partial charge in [0.15, 0.2) is 0 Å². The summed E-state index contributed by atoms with van der Waals surface area (Å²) in [5, 5.41) is 10.7. The lowest BCUT2D eigenvalue weighted by Crippen LogP contribution is -1.83. The van der Waals surface area contributed by atoms with Gasteiger partial charge in [-0.25, -0.2) is 0 Å². The average molecular weight is 292 g/mol. The second kappa shape index (κ2) is 4.57. The van der Waals surface area contributed by atoms with Crippen molar-refractivity contribution in [2.45, 2.75) is 6.92 Å². The van der Waals surface area contributed by atoms with Gasteiger partial charge in [-0.2, -0.15) is 0 Å². The minimum Gasteiger partial charge on any atom is -0.0616 e. The molecule has 0 saturated heterocycles. The smallest absolute Gasteiger partial charge is 0.00266 e. The van der Waals surface area contributed by atoms with Crippen LogP contribution in [0.15, 0.2) is 78.9 Å². The highest BCUT2D eigenvalue weighted by Gasteiger charge is 2.07. The summed E-state index contributed by atoms with van der Waals surface area (Å²) in [6.07, 6.45) is 0. The van der Waals surface area contributed by atoms with E-state index in [1.165, 1.54) is 48.7 Å². The standard InChI is InChI=1S/C23H16/c1-15-6-7-17-10-13-21-20(22(17)14-15)12-11-18-9-8-16-4-2-3-5-19(16)23(18)21/h2-14H,1H3. The van der Waals surface area contributed by atoms with Crippen LogP contribution >= 0.6 is 0 Å². The van der Waals surface area contributed by atoms with Crippen LogP contribution in [0.1, 0.15) is 5.56 Å². The molecule has 5 aromatic carbocycles. The molecule has 0 N–H and O–H groups in total. The lowest BCUT2D eigenvalue weighted by molar-refractivity contribution is 1.51. The third kappa shape index (κ3) is 1.78. The Balaban J connectivity index is 2.09. The maximum Gasteiger partial charge on any atom is -0.00266 e. The van der Waals surface area contributed by atoms with Gasteiger partial charge >= 0.3 is 0 Å². The van der Waals surface area contributed by atoms with Gasteiger partial charge < -0.3 is 0 Å². The molecule has 0 fully saturated rings. The quantitative estimate of drug-likeness (QED) is 0.282. The second-order valence-electron chi connectivity index (χ2n) is 6.34. The fourth-order valence-electron chi connectivity index (χ4n) is 3.76. The Kier molecular flexibility index (Phi) is 2.51. The van der Waals surface area contributed by atoms with E-state index in [0.717, 1.165) is 0 Å². The molecule has 0 nitrogen and oxygen atoms in total. The van der Waals surface area contributed by atoms with Crippen molar-refractivity contribution in [2.75, 3.05) is 0 Å². The Bertz CT molecular complexity index is 1210. The number of benzene rings is 5. The number of aryl methyl sites for hydroxylation is 1. The van der Waals surface area contributed by atoms with Crippen LogP contribution in [0.5, 0.6) is 0 Å². The van der Waals surface area contributed by atoms with Crippen LogP contribution in [0.2, 0.25) is 0 Å². The summed E-state index contributed by atoms with van der Waals surface area (Å²) in [4.78, 5) is 0. The van der Waals surface area contributed by atoms with Gasteiger partial charge in [-0.05, 0) is 50.0 Å². The third-order valence-corrected chi connectivity index (χ3v) is 4.88. The molecule has 23 heavy (non-hydrogen) atoms. The molecule has 5 aromatic rings. The largest absolute Gasteiger partial charge is 0.0616 e. The van der Waals surface area contributed by atoms with Crippen LogP contribution in [0.25, 0.3) is 43.1 Å². The van der Waals surface area contributed by atoms with Crippen molar-refractivity contribution in [3.63, 3.8) is 0 Å². The molecule has 0 aliphatic rings.